The number of hydrogen-bond donors (Lipinski definition) is 1. The summed E-state index contributed by atoms with van der Waals surface area (Å²) in [5, 5.41) is 9.84. The Bertz CT molecular complexity index is 151. The molecule has 1 rings (SSSR count). The zero-order valence-electron chi connectivity index (χ0n) is 8.21. The number of hydrogen-bond acceptors (Lipinski definition) is 3. The fourth-order valence-corrected chi connectivity index (χ4v) is 3.10. The maximum atomic E-state index is 9.84. The van der Waals surface area contributed by atoms with Crippen molar-refractivity contribution in [1.82, 2.24) is 4.90 Å². The topological polar surface area (TPSA) is 23.5 Å². The molecule has 12 heavy (non-hydrogen) atoms. The Morgan fingerprint density at radius 2 is 2.25 bits per heavy atom. The van der Waals surface area contributed by atoms with Gasteiger partial charge in [-0.1, -0.05) is 6.92 Å². The summed E-state index contributed by atoms with van der Waals surface area (Å²) in [6.07, 6.45) is 0.843. The van der Waals surface area contributed by atoms with Gasteiger partial charge in [0.15, 0.2) is 0 Å². The van der Waals surface area contributed by atoms with E-state index in [4.69, 9.17) is 0 Å². The molecule has 1 N–H and O–H groups in total. The zero-order chi connectivity index (χ0) is 9.19. The van der Waals surface area contributed by atoms with Gasteiger partial charge in [0, 0.05) is 17.7 Å². The number of rotatable bonds is 2. The minimum Gasteiger partial charge on any atom is -0.392 e. The number of nitrogens with zero attached hydrogens (tertiary/aromatic N) is 1. The van der Waals surface area contributed by atoms with E-state index in [0.717, 1.165) is 24.5 Å². The lowest BCUT2D eigenvalue weighted by Gasteiger charge is -2.39. The lowest BCUT2D eigenvalue weighted by molar-refractivity contribution is 0.0298. The molecule has 3 heteroatoms. The lowest BCUT2D eigenvalue weighted by atomic mass is 9.84. The Hall–Kier alpha value is 0.270. The summed E-state index contributed by atoms with van der Waals surface area (Å²) >= 11 is 1.96. The van der Waals surface area contributed by atoms with Crippen LogP contribution in [0.4, 0.5) is 0 Å². The van der Waals surface area contributed by atoms with Gasteiger partial charge in [-0.25, -0.2) is 0 Å². The fraction of sp³-hybridized carbons (Fsp3) is 1.00. The van der Waals surface area contributed by atoms with Crippen LogP contribution in [-0.2, 0) is 0 Å². The molecule has 0 saturated carbocycles. The molecule has 0 aromatic heterocycles. The molecule has 0 spiro atoms. The lowest BCUT2D eigenvalue weighted by Crippen LogP contribution is -2.45. The predicted octanol–water partition coefficient (Wildman–Crippen LogP) is 1.05. The van der Waals surface area contributed by atoms with E-state index >= 15 is 0 Å². The first-order valence-corrected chi connectivity index (χ1v) is 5.60. The van der Waals surface area contributed by atoms with E-state index in [1.807, 2.05) is 11.8 Å². The van der Waals surface area contributed by atoms with Crippen LogP contribution < -0.4 is 0 Å². The van der Waals surface area contributed by atoms with Gasteiger partial charge in [0.05, 0.1) is 6.10 Å². The van der Waals surface area contributed by atoms with Crippen molar-refractivity contribution >= 4 is 11.8 Å². The van der Waals surface area contributed by atoms with Crippen molar-refractivity contribution < 1.29 is 5.11 Å². The van der Waals surface area contributed by atoms with Crippen LogP contribution in [0, 0.1) is 5.41 Å². The standard InChI is InChI=1S/C9H19NOS/c1-9(6-10(2)3)7-12-5-4-8(9)11/h8,11H,4-7H2,1-3H3/t8-,9-/m1/s1. The van der Waals surface area contributed by atoms with Crippen molar-refractivity contribution in [3.05, 3.63) is 0 Å². The Kier molecular flexibility index (Phi) is 3.44. The Morgan fingerprint density at radius 3 is 2.75 bits per heavy atom. The van der Waals surface area contributed by atoms with Crippen molar-refractivity contribution in [2.24, 2.45) is 5.41 Å². The summed E-state index contributed by atoms with van der Waals surface area (Å²) in [5.41, 5.74) is 0.104. The van der Waals surface area contributed by atoms with Gasteiger partial charge in [-0.15, -0.1) is 0 Å². The molecule has 0 aliphatic carbocycles. The smallest absolute Gasteiger partial charge is 0.0621 e. The van der Waals surface area contributed by atoms with Crippen molar-refractivity contribution in [1.29, 1.82) is 0 Å². The molecule has 1 heterocycles. The first kappa shape index (κ1) is 10.4. The van der Waals surface area contributed by atoms with E-state index in [9.17, 15) is 5.11 Å². The van der Waals surface area contributed by atoms with E-state index < -0.39 is 0 Å². The van der Waals surface area contributed by atoms with Gasteiger partial charge in [-0.2, -0.15) is 11.8 Å². The molecular weight excluding hydrogens is 170 g/mol. The third-order valence-electron chi connectivity index (χ3n) is 2.45. The van der Waals surface area contributed by atoms with Gasteiger partial charge in [-0.05, 0) is 26.3 Å². The van der Waals surface area contributed by atoms with Gasteiger partial charge in [-0.3, -0.25) is 0 Å². The van der Waals surface area contributed by atoms with Crippen molar-refractivity contribution in [3.63, 3.8) is 0 Å². The highest BCUT2D eigenvalue weighted by Crippen LogP contribution is 2.34. The second-order valence-corrected chi connectivity index (χ2v) is 5.35. The molecule has 0 unspecified atom stereocenters. The van der Waals surface area contributed by atoms with Crippen LogP contribution in [0.1, 0.15) is 13.3 Å². The van der Waals surface area contributed by atoms with Gasteiger partial charge < -0.3 is 10.0 Å². The molecule has 1 aliphatic heterocycles. The van der Waals surface area contributed by atoms with E-state index in [1.54, 1.807) is 0 Å². The summed E-state index contributed by atoms with van der Waals surface area (Å²) in [7, 11) is 4.13. The fourth-order valence-electron chi connectivity index (χ4n) is 1.82. The first-order chi connectivity index (χ1) is 5.54. The molecular formula is C9H19NOS. The molecule has 0 radical (unpaired) electrons. The Labute approximate surface area is 79.3 Å². The molecule has 72 valence electrons. The Balaban J connectivity index is 2.53. The number of aliphatic hydroxyl groups excluding tert-OH is 1. The molecule has 2 nitrogen and oxygen atoms in total. The summed E-state index contributed by atoms with van der Waals surface area (Å²) < 4.78 is 0. The number of aliphatic hydroxyl groups is 1. The van der Waals surface area contributed by atoms with Crippen molar-refractivity contribution in [2.45, 2.75) is 19.4 Å². The molecule has 1 fully saturated rings. The molecule has 0 aromatic carbocycles. The zero-order valence-corrected chi connectivity index (χ0v) is 9.02. The molecule has 0 bridgehead atoms. The first-order valence-electron chi connectivity index (χ1n) is 4.45. The molecule has 0 amide bonds. The molecule has 0 aromatic rings. The molecule has 1 aliphatic rings. The largest absolute Gasteiger partial charge is 0.392 e. The maximum Gasteiger partial charge on any atom is 0.0621 e. The van der Waals surface area contributed by atoms with Crippen LogP contribution in [0.3, 0.4) is 0 Å². The maximum absolute atomic E-state index is 9.84. The molecule has 2 atom stereocenters. The van der Waals surface area contributed by atoms with Gasteiger partial charge in [0.25, 0.3) is 0 Å². The minimum absolute atomic E-state index is 0.104. The highest BCUT2D eigenvalue weighted by Gasteiger charge is 2.35. The summed E-state index contributed by atoms with van der Waals surface area (Å²) in [5.74, 6) is 2.20. The van der Waals surface area contributed by atoms with E-state index in [1.165, 1.54) is 0 Å². The average molecular weight is 189 g/mol. The van der Waals surface area contributed by atoms with Crippen molar-refractivity contribution in [2.75, 3.05) is 32.1 Å². The van der Waals surface area contributed by atoms with Crippen LogP contribution in [0.15, 0.2) is 0 Å². The quantitative estimate of drug-likeness (QED) is 0.702. The van der Waals surface area contributed by atoms with Gasteiger partial charge in [0.1, 0.15) is 0 Å². The second kappa shape index (κ2) is 3.99. The predicted molar refractivity (Wildman–Crippen MR) is 54.6 cm³/mol. The highest BCUT2D eigenvalue weighted by atomic mass is 32.2. The van der Waals surface area contributed by atoms with Gasteiger partial charge >= 0.3 is 0 Å². The van der Waals surface area contributed by atoms with Crippen LogP contribution in [0.2, 0.25) is 0 Å². The third-order valence-corrected chi connectivity index (χ3v) is 3.84. The highest BCUT2D eigenvalue weighted by molar-refractivity contribution is 7.99. The second-order valence-electron chi connectivity index (χ2n) is 4.25. The summed E-state index contributed by atoms with van der Waals surface area (Å²) in [6, 6.07) is 0. The average Bonchev–Trinajstić information content (AvgIpc) is 1.94. The van der Waals surface area contributed by atoms with Crippen LogP contribution in [0.25, 0.3) is 0 Å². The van der Waals surface area contributed by atoms with Crippen LogP contribution in [0.5, 0.6) is 0 Å². The van der Waals surface area contributed by atoms with Crippen molar-refractivity contribution in [3.8, 4) is 0 Å². The Morgan fingerprint density at radius 1 is 1.58 bits per heavy atom. The summed E-state index contributed by atoms with van der Waals surface area (Å²) in [6.45, 7) is 3.17. The van der Waals surface area contributed by atoms with Crippen LogP contribution in [-0.4, -0.2) is 48.3 Å². The SMILES string of the molecule is CN(C)C[C@]1(C)CSCC[C@H]1O. The monoisotopic (exact) mass is 189 g/mol. The normalized spacial score (nSPS) is 37.2. The third kappa shape index (κ3) is 2.38. The minimum atomic E-state index is -0.110. The number of thioether (sulfide) groups is 1. The van der Waals surface area contributed by atoms with E-state index in [0.29, 0.717) is 0 Å². The van der Waals surface area contributed by atoms with Gasteiger partial charge in [0.2, 0.25) is 0 Å². The van der Waals surface area contributed by atoms with E-state index in [-0.39, 0.29) is 11.5 Å². The van der Waals surface area contributed by atoms with Crippen LogP contribution >= 0.6 is 11.8 Å². The molecule has 1 saturated heterocycles. The van der Waals surface area contributed by atoms with E-state index in [2.05, 4.69) is 25.9 Å². The summed E-state index contributed by atoms with van der Waals surface area (Å²) in [4.78, 5) is 2.16.